The van der Waals surface area contributed by atoms with Crippen LogP contribution in [0.5, 0.6) is 5.75 Å². The van der Waals surface area contributed by atoms with Crippen LogP contribution in [0.2, 0.25) is 0 Å². The van der Waals surface area contributed by atoms with E-state index in [1.165, 1.54) is 13.8 Å². The molecule has 1 aromatic rings. The van der Waals surface area contributed by atoms with Crippen molar-refractivity contribution in [3.63, 3.8) is 0 Å². The number of nitrogens with one attached hydrogen (secondary N) is 1. The second-order valence-corrected chi connectivity index (χ2v) is 4.20. The Morgan fingerprint density at radius 2 is 2.06 bits per heavy atom. The summed E-state index contributed by atoms with van der Waals surface area (Å²) in [5, 5.41) is 11.6. The van der Waals surface area contributed by atoms with Gasteiger partial charge in [0.15, 0.2) is 0 Å². The van der Waals surface area contributed by atoms with Crippen LogP contribution in [0.4, 0.5) is 9.18 Å². The van der Waals surface area contributed by atoms with E-state index < -0.39 is 17.9 Å². The van der Waals surface area contributed by atoms with Gasteiger partial charge in [0.25, 0.3) is 0 Å². The van der Waals surface area contributed by atoms with E-state index in [4.69, 9.17) is 4.74 Å². The van der Waals surface area contributed by atoms with Crippen molar-refractivity contribution in [2.24, 2.45) is 0 Å². The zero-order valence-corrected chi connectivity index (χ0v) is 9.81. The lowest BCUT2D eigenvalue weighted by Crippen LogP contribution is -2.42. The molecule has 0 spiro atoms. The van der Waals surface area contributed by atoms with E-state index in [1.54, 1.807) is 30.3 Å². The van der Waals surface area contributed by atoms with Crippen LogP contribution in [0.25, 0.3) is 0 Å². The molecule has 0 aliphatic carbocycles. The Kier molecular flexibility index (Phi) is 4.45. The summed E-state index contributed by atoms with van der Waals surface area (Å²) < 4.78 is 18.2. The third-order valence-electron chi connectivity index (χ3n) is 2.15. The predicted molar refractivity (Wildman–Crippen MR) is 61.7 cm³/mol. The number of alkyl halides is 1. The van der Waals surface area contributed by atoms with Gasteiger partial charge in [-0.2, -0.15) is 0 Å². The van der Waals surface area contributed by atoms with E-state index in [-0.39, 0.29) is 6.54 Å². The van der Waals surface area contributed by atoms with Gasteiger partial charge in [-0.1, -0.05) is 18.2 Å². The van der Waals surface area contributed by atoms with Gasteiger partial charge in [0.05, 0.1) is 12.1 Å². The normalized spacial score (nSPS) is 12.9. The van der Waals surface area contributed by atoms with E-state index in [0.717, 1.165) is 0 Å². The summed E-state index contributed by atoms with van der Waals surface area (Å²) in [6.45, 7) is 2.37. The SMILES string of the molecule is CC(C)(O)[C@H](F)CNC(=O)Oc1ccccc1. The second kappa shape index (κ2) is 5.63. The number of ether oxygens (including phenoxy) is 1. The van der Waals surface area contributed by atoms with E-state index >= 15 is 0 Å². The van der Waals surface area contributed by atoms with Crippen molar-refractivity contribution in [1.82, 2.24) is 5.32 Å². The quantitative estimate of drug-likeness (QED) is 0.846. The van der Waals surface area contributed by atoms with Gasteiger partial charge in [0.1, 0.15) is 11.9 Å². The fourth-order valence-electron chi connectivity index (χ4n) is 1.05. The van der Waals surface area contributed by atoms with Crippen LogP contribution in [0.1, 0.15) is 13.8 Å². The Morgan fingerprint density at radius 3 is 2.59 bits per heavy atom. The van der Waals surface area contributed by atoms with Crippen LogP contribution in [0.3, 0.4) is 0 Å². The maximum Gasteiger partial charge on any atom is 0.412 e. The minimum absolute atomic E-state index is 0.296. The first-order valence-corrected chi connectivity index (χ1v) is 5.27. The van der Waals surface area contributed by atoms with Crippen LogP contribution < -0.4 is 10.1 Å². The number of para-hydroxylation sites is 1. The zero-order valence-electron chi connectivity index (χ0n) is 9.81. The number of aliphatic hydroxyl groups is 1. The Morgan fingerprint density at radius 1 is 1.47 bits per heavy atom. The summed E-state index contributed by atoms with van der Waals surface area (Å²) in [4.78, 5) is 11.3. The highest BCUT2D eigenvalue weighted by Gasteiger charge is 2.26. The zero-order chi connectivity index (χ0) is 12.9. The number of rotatable bonds is 4. The Labute approximate surface area is 99.4 Å². The number of carbonyl (C=O) groups is 1. The van der Waals surface area contributed by atoms with Gasteiger partial charge in [-0.25, -0.2) is 9.18 Å². The lowest BCUT2D eigenvalue weighted by atomic mass is 10.0. The number of benzene rings is 1. The summed E-state index contributed by atoms with van der Waals surface area (Å²) in [6, 6.07) is 8.45. The van der Waals surface area contributed by atoms with Crippen molar-refractivity contribution in [2.75, 3.05) is 6.54 Å². The minimum atomic E-state index is -1.55. The molecule has 0 saturated carbocycles. The highest BCUT2D eigenvalue weighted by atomic mass is 19.1. The van der Waals surface area contributed by atoms with Crippen molar-refractivity contribution < 1.29 is 19.0 Å². The average molecular weight is 241 g/mol. The molecular weight excluding hydrogens is 225 g/mol. The molecule has 17 heavy (non-hydrogen) atoms. The van der Waals surface area contributed by atoms with Crippen LogP contribution in [0, 0.1) is 0 Å². The third kappa shape index (κ3) is 4.82. The van der Waals surface area contributed by atoms with Gasteiger partial charge in [-0.05, 0) is 26.0 Å². The Hall–Kier alpha value is -1.62. The van der Waals surface area contributed by atoms with Crippen LogP contribution in [-0.2, 0) is 0 Å². The molecule has 0 aromatic heterocycles. The molecule has 4 nitrogen and oxygen atoms in total. The molecule has 94 valence electrons. The molecule has 0 radical (unpaired) electrons. The summed E-state index contributed by atoms with van der Waals surface area (Å²) in [5.41, 5.74) is -1.49. The monoisotopic (exact) mass is 241 g/mol. The van der Waals surface area contributed by atoms with Gasteiger partial charge in [-0.3, -0.25) is 0 Å². The highest BCUT2D eigenvalue weighted by molar-refractivity contribution is 5.70. The van der Waals surface area contributed by atoms with Gasteiger partial charge in [0, 0.05) is 0 Å². The minimum Gasteiger partial charge on any atom is -0.410 e. The van der Waals surface area contributed by atoms with Crippen LogP contribution >= 0.6 is 0 Å². The largest absolute Gasteiger partial charge is 0.412 e. The molecule has 2 N–H and O–H groups in total. The molecule has 0 aliphatic heterocycles. The molecule has 1 aromatic carbocycles. The molecule has 5 heteroatoms. The van der Waals surface area contributed by atoms with E-state index in [1.807, 2.05) is 0 Å². The molecular formula is C12H16FNO3. The van der Waals surface area contributed by atoms with Gasteiger partial charge < -0.3 is 15.2 Å². The first-order valence-electron chi connectivity index (χ1n) is 5.27. The molecule has 0 bridgehead atoms. The fourth-order valence-corrected chi connectivity index (χ4v) is 1.05. The van der Waals surface area contributed by atoms with Gasteiger partial charge in [0.2, 0.25) is 0 Å². The second-order valence-electron chi connectivity index (χ2n) is 4.20. The highest BCUT2D eigenvalue weighted by Crippen LogP contribution is 2.12. The third-order valence-corrected chi connectivity index (χ3v) is 2.15. The first-order chi connectivity index (χ1) is 7.89. The summed E-state index contributed by atoms with van der Waals surface area (Å²) in [6.07, 6.45) is -2.30. The number of carbonyl (C=O) groups excluding carboxylic acids is 1. The van der Waals surface area contributed by atoms with Gasteiger partial charge in [-0.15, -0.1) is 0 Å². The molecule has 1 atom stereocenters. The van der Waals surface area contributed by atoms with Crippen molar-refractivity contribution in [1.29, 1.82) is 0 Å². The topological polar surface area (TPSA) is 58.6 Å². The number of amides is 1. The molecule has 0 fully saturated rings. The van der Waals surface area contributed by atoms with Crippen molar-refractivity contribution in [3.05, 3.63) is 30.3 Å². The number of hydrogen-bond acceptors (Lipinski definition) is 3. The summed E-state index contributed by atoms with van der Waals surface area (Å²) in [5.74, 6) is 0.378. The van der Waals surface area contributed by atoms with E-state index in [9.17, 15) is 14.3 Å². The maximum atomic E-state index is 13.3. The summed E-state index contributed by atoms with van der Waals surface area (Å²) >= 11 is 0. The molecule has 1 rings (SSSR count). The maximum absolute atomic E-state index is 13.3. The van der Waals surface area contributed by atoms with Crippen molar-refractivity contribution in [2.45, 2.75) is 25.6 Å². The molecule has 0 heterocycles. The van der Waals surface area contributed by atoms with E-state index in [2.05, 4.69) is 5.32 Å². The van der Waals surface area contributed by atoms with Crippen LogP contribution in [0.15, 0.2) is 30.3 Å². The van der Waals surface area contributed by atoms with Crippen molar-refractivity contribution >= 4 is 6.09 Å². The smallest absolute Gasteiger partial charge is 0.410 e. The molecule has 0 unspecified atom stereocenters. The summed E-state index contributed by atoms with van der Waals surface area (Å²) in [7, 11) is 0. The standard InChI is InChI=1S/C12H16FNO3/c1-12(2,16)10(13)8-14-11(15)17-9-6-4-3-5-7-9/h3-7,10,16H,8H2,1-2H3,(H,14,15)/t10-/m1/s1. The van der Waals surface area contributed by atoms with Crippen LogP contribution in [-0.4, -0.2) is 29.5 Å². The lowest BCUT2D eigenvalue weighted by Gasteiger charge is -2.22. The molecule has 0 saturated heterocycles. The molecule has 0 aliphatic rings. The predicted octanol–water partition coefficient (Wildman–Crippen LogP) is 1.88. The van der Waals surface area contributed by atoms with Gasteiger partial charge >= 0.3 is 6.09 Å². The lowest BCUT2D eigenvalue weighted by molar-refractivity contribution is -0.00157. The average Bonchev–Trinajstić information content (AvgIpc) is 2.26. The van der Waals surface area contributed by atoms with Crippen molar-refractivity contribution in [3.8, 4) is 5.75 Å². The number of hydrogen-bond donors (Lipinski definition) is 2. The first kappa shape index (κ1) is 13.4. The number of halogens is 1. The molecule has 1 amide bonds. The van der Waals surface area contributed by atoms with E-state index in [0.29, 0.717) is 5.75 Å². The Balaban J connectivity index is 2.36. The fraction of sp³-hybridized carbons (Fsp3) is 0.417. The Bertz CT molecular complexity index is 362.